The molecule has 4 heterocycles. The number of rotatable bonds is 4. The Labute approximate surface area is 347 Å². The van der Waals surface area contributed by atoms with Crippen LogP contribution in [0.5, 0.6) is 0 Å². The van der Waals surface area contributed by atoms with E-state index in [1.807, 2.05) is 30.9 Å². The zero-order valence-electron chi connectivity index (χ0n) is 32.9. The molecule has 0 unspecified atom stereocenters. The number of nitrogens with zero attached hydrogens (tertiary/aromatic N) is 4. The second kappa shape index (κ2) is 13.0. The Hall–Kier alpha value is -7.56. The van der Waals surface area contributed by atoms with Crippen molar-refractivity contribution in [3.8, 4) is 33.6 Å². The topological polar surface area (TPSA) is 35.6 Å². The molecule has 0 N–H and O–H groups in total. The largest absolute Gasteiger partial charge is 0.311 e. The normalized spacial score (nSPS) is 13.5. The molecule has 4 aromatic heterocycles. The number of hydrogen-bond donors (Lipinski definition) is 0. The van der Waals surface area contributed by atoms with Crippen LogP contribution in [-0.2, 0) is 19.3 Å². The van der Waals surface area contributed by atoms with E-state index in [2.05, 4.69) is 171 Å². The molecule has 11 aromatic rings. The summed E-state index contributed by atoms with van der Waals surface area (Å²) < 4.78 is 4.90. The van der Waals surface area contributed by atoms with Crippen LogP contribution >= 0.6 is 0 Å². The van der Waals surface area contributed by atoms with Crippen molar-refractivity contribution in [1.82, 2.24) is 19.1 Å². The van der Waals surface area contributed by atoms with Crippen LogP contribution in [0.25, 0.3) is 99.5 Å². The Balaban J connectivity index is 1.04. The van der Waals surface area contributed by atoms with Gasteiger partial charge in [-0.1, -0.05) is 91.0 Å². The molecule has 0 fully saturated rings. The molecule has 0 saturated heterocycles. The van der Waals surface area contributed by atoms with Crippen LogP contribution in [0.3, 0.4) is 0 Å². The summed E-state index contributed by atoms with van der Waals surface area (Å²) in [7, 11) is 0. The van der Waals surface area contributed by atoms with Gasteiger partial charge < -0.3 is 9.13 Å². The molecular formula is C56H38N4. The first kappa shape index (κ1) is 33.4. The zero-order chi connectivity index (χ0) is 39.3. The van der Waals surface area contributed by atoms with Gasteiger partial charge in [-0.15, -0.1) is 0 Å². The molecule has 0 bridgehead atoms. The van der Waals surface area contributed by atoms with E-state index >= 15 is 0 Å². The van der Waals surface area contributed by atoms with Crippen molar-refractivity contribution in [3.63, 3.8) is 0 Å². The van der Waals surface area contributed by atoms with E-state index in [4.69, 9.17) is 0 Å². The van der Waals surface area contributed by atoms with Crippen molar-refractivity contribution in [3.05, 3.63) is 204 Å². The maximum Gasteiger partial charge on any atom is 0.0645 e. The van der Waals surface area contributed by atoms with Crippen LogP contribution in [0.2, 0.25) is 0 Å². The second-order valence-electron chi connectivity index (χ2n) is 16.5. The van der Waals surface area contributed by atoms with Crippen LogP contribution in [0.15, 0.2) is 176 Å². The van der Waals surface area contributed by atoms with E-state index in [-0.39, 0.29) is 0 Å². The van der Waals surface area contributed by atoms with Crippen LogP contribution in [0.4, 0.5) is 0 Å². The second-order valence-corrected chi connectivity index (χ2v) is 16.5. The van der Waals surface area contributed by atoms with E-state index in [1.54, 1.807) is 0 Å². The molecule has 4 nitrogen and oxygen atoms in total. The number of aromatic nitrogens is 4. The van der Waals surface area contributed by atoms with Gasteiger partial charge in [0.2, 0.25) is 0 Å². The highest BCUT2D eigenvalue weighted by molar-refractivity contribution is 6.13. The van der Waals surface area contributed by atoms with Gasteiger partial charge in [0.25, 0.3) is 0 Å². The van der Waals surface area contributed by atoms with E-state index in [0.29, 0.717) is 0 Å². The number of allylic oxidation sites excluding steroid dienone is 1. The lowest BCUT2D eigenvalue weighted by molar-refractivity contribution is 0.894. The van der Waals surface area contributed by atoms with Gasteiger partial charge in [-0.25, -0.2) is 0 Å². The van der Waals surface area contributed by atoms with E-state index < -0.39 is 0 Å². The third-order valence-corrected chi connectivity index (χ3v) is 13.3. The van der Waals surface area contributed by atoms with Crippen molar-refractivity contribution in [1.29, 1.82) is 0 Å². The number of aryl methyl sites for hydroxylation is 2. The van der Waals surface area contributed by atoms with Gasteiger partial charge in [0.15, 0.2) is 0 Å². The zero-order valence-corrected chi connectivity index (χ0v) is 32.9. The summed E-state index contributed by atoms with van der Waals surface area (Å²) in [5.41, 5.74) is 19.2. The standard InChI is InChI=1S/C56H38N4/c1-3-15-43-35(9-1)11-5-17-45(43)37-21-23-53-49(27-37)51-29-39-19-20-40-30-52-50-28-38(46-18-6-12-36-10-2-4-16-44(36)46)22-24-54(50)60(42-14-8-26-58-34-42)56(52)32-48(40)47(39)31-55(51)59(53)41-13-7-25-57-33-41/h1-18,21,23,25-34H,19-20,22,24H2. The Morgan fingerprint density at radius 3 is 1.70 bits per heavy atom. The molecule has 60 heavy (non-hydrogen) atoms. The van der Waals surface area contributed by atoms with Crippen LogP contribution in [0, 0.1) is 0 Å². The average molecular weight is 767 g/mol. The van der Waals surface area contributed by atoms with Gasteiger partial charge in [0.1, 0.15) is 0 Å². The number of pyridine rings is 2. The fourth-order valence-corrected chi connectivity index (χ4v) is 10.6. The quantitative estimate of drug-likeness (QED) is 0.179. The van der Waals surface area contributed by atoms with Crippen molar-refractivity contribution in [2.75, 3.05) is 0 Å². The molecule has 7 aromatic carbocycles. The summed E-state index contributed by atoms with van der Waals surface area (Å²) in [6.07, 6.45) is 14.2. The molecule has 282 valence electrons. The van der Waals surface area contributed by atoms with Crippen molar-refractivity contribution >= 4 is 65.9 Å². The predicted octanol–water partition coefficient (Wildman–Crippen LogP) is 13.7. The van der Waals surface area contributed by atoms with Crippen LogP contribution in [0.1, 0.15) is 34.4 Å². The van der Waals surface area contributed by atoms with E-state index in [1.165, 1.54) is 110 Å². The average Bonchev–Trinajstić information content (AvgIpc) is 3.81. The minimum atomic E-state index is 0.960. The maximum absolute atomic E-state index is 4.61. The molecule has 13 rings (SSSR count). The third kappa shape index (κ3) is 4.97. The first-order chi connectivity index (χ1) is 29.7. The molecule has 0 aliphatic heterocycles. The molecule has 0 amide bonds. The monoisotopic (exact) mass is 766 g/mol. The molecule has 2 aliphatic carbocycles. The van der Waals surface area contributed by atoms with Gasteiger partial charge in [0, 0.05) is 39.8 Å². The molecule has 0 atom stereocenters. The summed E-state index contributed by atoms with van der Waals surface area (Å²) in [5.74, 6) is 0. The molecule has 0 spiro atoms. The minimum absolute atomic E-state index is 0.960. The summed E-state index contributed by atoms with van der Waals surface area (Å²) in [5, 5.41) is 8.99. The lowest BCUT2D eigenvalue weighted by atomic mass is 9.83. The number of hydrogen-bond acceptors (Lipinski definition) is 2. The molecule has 4 heteroatoms. The van der Waals surface area contributed by atoms with Crippen LogP contribution in [-0.4, -0.2) is 19.1 Å². The first-order valence-electron chi connectivity index (χ1n) is 21.0. The third-order valence-electron chi connectivity index (χ3n) is 13.3. The Morgan fingerprint density at radius 1 is 0.400 bits per heavy atom. The fraction of sp³-hybridized carbons (Fsp3) is 0.0714. The lowest BCUT2D eigenvalue weighted by Crippen LogP contribution is -2.06. The molecule has 0 saturated carbocycles. The summed E-state index contributed by atoms with van der Waals surface area (Å²) in [6, 6.07) is 56.3. The van der Waals surface area contributed by atoms with Crippen LogP contribution < -0.4 is 0 Å². The Bertz CT molecular complexity index is 3580. The summed E-state index contributed by atoms with van der Waals surface area (Å²) in [4.78, 5) is 9.19. The minimum Gasteiger partial charge on any atom is -0.311 e. The predicted molar refractivity (Wildman–Crippen MR) is 249 cm³/mol. The smallest absolute Gasteiger partial charge is 0.0645 e. The highest BCUT2D eigenvalue weighted by Gasteiger charge is 2.27. The van der Waals surface area contributed by atoms with E-state index in [9.17, 15) is 0 Å². The highest BCUT2D eigenvalue weighted by Crippen LogP contribution is 2.46. The maximum atomic E-state index is 4.61. The molecule has 0 radical (unpaired) electrons. The first-order valence-corrected chi connectivity index (χ1v) is 21.0. The molecule has 2 aliphatic rings. The SMILES string of the molecule is C1=C(c2cccc3ccccc23)CCc2c1c1cc3c(cc1n2-c1cccnc1)-c1cc2c(cc1CC3)c1cc(-c3cccc4ccccc34)ccc1n2-c1cccnc1. The summed E-state index contributed by atoms with van der Waals surface area (Å²) >= 11 is 0. The Kier molecular flexibility index (Phi) is 7.23. The number of benzene rings is 7. The van der Waals surface area contributed by atoms with Gasteiger partial charge in [-0.05, 0) is 158 Å². The van der Waals surface area contributed by atoms with Crippen molar-refractivity contribution < 1.29 is 0 Å². The molecular weight excluding hydrogens is 729 g/mol. The Morgan fingerprint density at radius 2 is 1.00 bits per heavy atom. The van der Waals surface area contributed by atoms with Crippen molar-refractivity contribution in [2.45, 2.75) is 25.7 Å². The summed E-state index contributed by atoms with van der Waals surface area (Å²) in [6.45, 7) is 0. The fourth-order valence-electron chi connectivity index (χ4n) is 10.6. The van der Waals surface area contributed by atoms with E-state index in [0.717, 1.165) is 37.1 Å². The highest BCUT2D eigenvalue weighted by atomic mass is 15.0. The van der Waals surface area contributed by atoms with Crippen molar-refractivity contribution in [2.24, 2.45) is 0 Å². The van der Waals surface area contributed by atoms with Gasteiger partial charge in [0.05, 0.1) is 40.3 Å². The lowest BCUT2D eigenvalue weighted by Gasteiger charge is -2.21. The van der Waals surface area contributed by atoms with Gasteiger partial charge in [-0.2, -0.15) is 0 Å². The number of fused-ring (bicyclic) bond motifs is 11. The van der Waals surface area contributed by atoms with Gasteiger partial charge >= 0.3 is 0 Å². The van der Waals surface area contributed by atoms with Gasteiger partial charge in [-0.3, -0.25) is 9.97 Å².